The molecule has 0 fully saturated rings. The number of carbonyl (C=O) groups excluding carboxylic acids is 2. The number of aryl methyl sites for hydroxylation is 1. The fourth-order valence-corrected chi connectivity index (χ4v) is 7.05. The number of nitrogens with one attached hydrogen (secondary N) is 1. The molecule has 9 nitrogen and oxygen atoms in total. The molecule has 12 heteroatoms. The van der Waals surface area contributed by atoms with Gasteiger partial charge in [-0.25, -0.2) is 8.42 Å². The Morgan fingerprint density at radius 3 is 2.16 bits per heavy atom. The van der Waals surface area contributed by atoms with Gasteiger partial charge < -0.3 is 19.7 Å². The summed E-state index contributed by atoms with van der Waals surface area (Å²) in [6.07, 6.45) is 0.837. The molecule has 4 aromatic rings. The monoisotopic (exact) mass is 725 g/mol. The van der Waals surface area contributed by atoms with E-state index < -0.39 is 28.5 Å². The number of amides is 2. The Morgan fingerprint density at radius 2 is 1.55 bits per heavy atom. The first-order valence-corrected chi connectivity index (χ1v) is 18.0. The third kappa shape index (κ3) is 9.47. The Morgan fingerprint density at radius 1 is 0.878 bits per heavy atom. The van der Waals surface area contributed by atoms with E-state index in [-0.39, 0.29) is 41.2 Å². The Kier molecular flexibility index (Phi) is 13.0. The van der Waals surface area contributed by atoms with Crippen LogP contribution in [0.1, 0.15) is 37.0 Å². The van der Waals surface area contributed by atoms with Crippen LogP contribution in [0.15, 0.2) is 95.9 Å². The summed E-state index contributed by atoms with van der Waals surface area (Å²) in [6, 6.07) is 24.0. The highest BCUT2D eigenvalue weighted by atomic mass is 35.5. The Labute approximate surface area is 298 Å². The zero-order valence-electron chi connectivity index (χ0n) is 28.2. The number of carbonyl (C=O) groups is 2. The fourth-order valence-electron chi connectivity index (χ4n) is 5.17. The van der Waals surface area contributed by atoms with E-state index in [1.54, 1.807) is 36.4 Å². The maximum absolute atomic E-state index is 14.7. The highest BCUT2D eigenvalue weighted by Gasteiger charge is 2.35. The van der Waals surface area contributed by atoms with Gasteiger partial charge in [0.05, 0.1) is 24.8 Å². The van der Waals surface area contributed by atoms with Gasteiger partial charge in [0.2, 0.25) is 11.8 Å². The van der Waals surface area contributed by atoms with E-state index in [1.807, 2.05) is 51.1 Å². The van der Waals surface area contributed by atoms with Crippen molar-refractivity contribution in [3.63, 3.8) is 0 Å². The predicted molar refractivity (Wildman–Crippen MR) is 194 cm³/mol. The average molecular weight is 727 g/mol. The lowest BCUT2D eigenvalue weighted by Crippen LogP contribution is -2.54. The molecule has 0 unspecified atom stereocenters. The summed E-state index contributed by atoms with van der Waals surface area (Å²) in [5.74, 6) is -0.349. The molecule has 0 saturated carbocycles. The van der Waals surface area contributed by atoms with Crippen molar-refractivity contribution in [1.82, 2.24) is 10.2 Å². The van der Waals surface area contributed by atoms with Crippen LogP contribution < -0.4 is 19.1 Å². The van der Waals surface area contributed by atoms with E-state index in [2.05, 4.69) is 5.32 Å². The van der Waals surface area contributed by atoms with E-state index in [0.29, 0.717) is 27.8 Å². The number of ether oxygens (including phenoxy) is 2. The number of nitrogens with zero attached hydrogens (tertiary/aromatic N) is 2. The molecule has 2 amide bonds. The van der Waals surface area contributed by atoms with Gasteiger partial charge in [-0.15, -0.1) is 0 Å². The Bertz CT molecular complexity index is 1860. The second kappa shape index (κ2) is 16.9. The standard InChI is InChI=1S/C37H41Cl2N3O6S/c1-6-26(3)40-37(44)33(20-27-10-8-7-9-11-27)41(23-28-14-15-29(38)21-32(28)39)36(43)24-42(30-16-19-34(47-4)35(22-30)48-5)49(45,46)31-17-12-25(2)13-18-31/h7-19,21-22,26,33H,6,20,23-24H2,1-5H3,(H,40,44)/t26-,33-/m0/s1. The minimum Gasteiger partial charge on any atom is -0.493 e. The maximum atomic E-state index is 14.7. The number of anilines is 1. The number of methoxy groups -OCH3 is 2. The largest absolute Gasteiger partial charge is 0.493 e. The molecule has 0 radical (unpaired) electrons. The lowest BCUT2D eigenvalue weighted by atomic mass is 10.0. The zero-order chi connectivity index (χ0) is 35.7. The smallest absolute Gasteiger partial charge is 0.264 e. The van der Waals surface area contributed by atoms with Crippen LogP contribution in [-0.4, -0.2) is 58.0 Å². The van der Waals surface area contributed by atoms with Gasteiger partial charge >= 0.3 is 0 Å². The molecule has 0 aliphatic heterocycles. The normalized spacial score (nSPS) is 12.5. The number of rotatable bonds is 15. The number of benzene rings is 4. The van der Waals surface area contributed by atoms with Gasteiger partial charge in [0.1, 0.15) is 12.6 Å². The van der Waals surface area contributed by atoms with Crippen molar-refractivity contribution in [3.05, 3.63) is 118 Å². The van der Waals surface area contributed by atoms with Crippen molar-refractivity contribution < 1.29 is 27.5 Å². The van der Waals surface area contributed by atoms with Crippen LogP contribution in [0.25, 0.3) is 0 Å². The Balaban J connectivity index is 1.87. The van der Waals surface area contributed by atoms with Gasteiger partial charge in [0, 0.05) is 35.1 Å². The van der Waals surface area contributed by atoms with Crippen LogP contribution in [0.5, 0.6) is 11.5 Å². The van der Waals surface area contributed by atoms with Crippen molar-refractivity contribution in [2.75, 3.05) is 25.1 Å². The summed E-state index contributed by atoms with van der Waals surface area (Å²) in [5.41, 5.74) is 2.39. The molecule has 2 atom stereocenters. The first kappa shape index (κ1) is 37.6. The van der Waals surface area contributed by atoms with Crippen LogP contribution >= 0.6 is 23.2 Å². The molecular formula is C37H41Cl2N3O6S. The molecule has 4 aromatic carbocycles. The fraction of sp³-hybridized carbons (Fsp3) is 0.297. The van der Waals surface area contributed by atoms with Gasteiger partial charge in [-0.1, -0.05) is 84.2 Å². The van der Waals surface area contributed by atoms with Crippen LogP contribution in [0.4, 0.5) is 5.69 Å². The van der Waals surface area contributed by atoms with E-state index in [0.717, 1.165) is 15.4 Å². The van der Waals surface area contributed by atoms with Gasteiger partial charge in [0.25, 0.3) is 10.0 Å². The number of hydrogen-bond acceptors (Lipinski definition) is 6. The molecule has 0 bridgehead atoms. The molecule has 0 saturated heterocycles. The molecule has 0 heterocycles. The van der Waals surface area contributed by atoms with E-state index in [9.17, 15) is 18.0 Å². The second-order valence-corrected chi connectivity index (χ2v) is 14.4. The van der Waals surface area contributed by atoms with Crippen LogP contribution in [0, 0.1) is 6.92 Å². The molecule has 260 valence electrons. The molecule has 0 aromatic heterocycles. The van der Waals surface area contributed by atoms with Gasteiger partial charge in [0.15, 0.2) is 11.5 Å². The zero-order valence-corrected chi connectivity index (χ0v) is 30.5. The van der Waals surface area contributed by atoms with E-state index >= 15 is 0 Å². The molecule has 4 rings (SSSR count). The van der Waals surface area contributed by atoms with Crippen molar-refractivity contribution in [2.24, 2.45) is 0 Å². The summed E-state index contributed by atoms with van der Waals surface area (Å²) in [7, 11) is -1.40. The van der Waals surface area contributed by atoms with Crippen molar-refractivity contribution in [1.29, 1.82) is 0 Å². The molecular weight excluding hydrogens is 685 g/mol. The quantitative estimate of drug-likeness (QED) is 0.141. The predicted octanol–water partition coefficient (Wildman–Crippen LogP) is 7.07. The van der Waals surface area contributed by atoms with Crippen LogP contribution in [0.3, 0.4) is 0 Å². The third-order valence-corrected chi connectivity index (χ3v) is 10.5. The topological polar surface area (TPSA) is 105 Å². The SMILES string of the molecule is CC[C@H](C)NC(=O)[C@H](Cc1ccccc1)N(Cc1ccc(Cl)cc1Cl)C(=O)CN(c1ccc(OC)c(OC)c1)S(=O)(=O)c1ccc(C)cc1. The molecule has 0 aliphatic carbocycles. The molecule has 49 heavy (non-hydrogen) atoms. The van der Waals surface area contributed by atoms with Gasteiger partial charge in [-0.2, -0.15) is 0 Å². The molecule has 0 spiro atoms. The first-order chi connectivity index (χ1) is 23.4. The third-order valence-electron chi connectivity index (χ3n) is 8.17. The molecule has 1 N–H and O–H groups in total. The highest BCUT2D eigenvalue weighted by molar-refractivity contribution is 7.92. The van der Waals surface area contributed by atoms with Crippen LogP contribution in [-0.2, 0) is 32.6 Å². The van der Waals surface area contributed by atoms with Gasteiger partial charge in [-0.05, 0) is 67.8 Å². The summed E-state index contributed by atoms with van der Waals surface area (Å²) in [4.78, 5) is 30.1. The number of halogens is 2. The lowest BCUT2D eigenvalue weighted by Gasteiger charge is -2.34. The minimum absolute atomic E-state index is 0.0108. The molecule has 0 aliphatic rings. The van der Waals surface area contributed by atoms with Crippen molar-refractivity contribution in [3.8, 4) is 11.5 Å². The van der Waals surface area contributed by atoms with Crippen molar-refractivity contribution in [2.45, 2.75) is 57.1 Å². The number of sulfonamides is 1. The second-order valence-electron chi connectivity index (χ2n) is 11.6. The number of hydrogen-bond donors (Lipinski definition) is 1. The van der Waals surface area contributed by atoms with E-state index in [4.69, 9.17) is 32.7 Å². The van der Waals surface area contributed by atoms with Gasteiger partial charge in [-0.3, -0.25) is 13.9 Å². The summed E-state index contributed by atoms with van der Waals surface area (Å²) < 4.78 is 40.6. The minimum atomic E-state index is -4.31. The highest BCUT2D eigenvalue weighted by Crippen LogP contribution is 2.34. The maximum Gasteiger partial charge on any atom is 0.264 e. The summed E-state index contributed by atoms with van der Waals surface area (Å²) >= 11 is 12.8. The summed E-state index contributed by atoms with van der Waals surface area (Å²) in [6.45, 7) is 4.95. The Hall–Kier alpha value is -4.25. The van der Waals surface area contributed by atoms with Crippen molar-refractivity contribution >= 4 is 50.7 Å². The van der Waals surface area contributed by atoms with Crippen LogP contribution in [0.2, 0.25) is 10.0 Å². The lowest BCUT2D eigenvalue weighted by molar-refractivity contribution is -0.140. The summed E-state index contributed by atoms with van der Waals surface area (Å²) in [5, 5.41) is 3.73. The first-order valence-electron chi connectivity index (χ1n) is 15.8. The average Bonchev–Trinajstić information content (AvgIpc) is 3.09. The van der Waals surface area contributed by atoms with E-state index in [1.165, 1.54) is 43.4 Å².